The van der Waals surface area contributed by atoms with Crippen LogP contribution < -0.4 is 0 Å². The van der Waals surface area contributed by atoms with E-state index in [4.69, 9.17) is 19.9 Å². The van der Waals surface area contributed by atoms with Gasteiger partial charge in [-0.05, 0) is 62.7 Å². The summed E-state index contributed by atoms with van der Waals surface area (Å²) in [7, 11) is 0. The van der Waals surface area contributed by atoms with Gasteiger partial charge in [-0.2, -0.15) is 5.26 Å². The third kappa shape index (κ3) is 7.36. The highest BCUT2D eigenvalue weighted by Gasteiger charge is 2.15. The molecule has 5 nitrogen and oxygen atoms in total. The molecule has 64 heavy (non-hydrogen) atoms. The highest BCUT2D eigenvalue weighted by molar-refractivity contribution is 5.95. The Balaban J connectivity index is 0.869. The first-order valence-electron chi connectivity index (χ1n) is 21.3. The van der Waals surface area contributed by atoms with Crippen LogP contribution in [0.1, 0.15) is 5.56 Å². The van der Waals surface area contributed by atoms with E-state index in [1.54, 1.807) is 0 Å². The van der Waals surface area contributed by atoms with E-state index in [1.165, 1.54) is 11.1 Å². The maximum atomic E-state index is 10.4. The molecule has 0 radical (unpaired) electrons. The van der Waals surface area contributed by atoms with Crippen LogP contribution in [-0.4, -0.2) is 19.9 Å². The maximum absolute atomic E-state index is 10.4. The van der Waals surface area contributed by atoms with Crippen molar-refractivity contribution in [2.24, 2.45) is 0 Å². The Labute approximate surface area is 371 Å². The maximum Gasteiger partial charge on any atom is 0.160 e. The van der Waals surface area contributed by atoms with E-state index < -0.39 is 0 Å². The molecule has 0 aliphatic rings. The lowest BCUT2D eigenvalue weighted by molar-refractivity contribution is 1.23. The van der Waals surface area contributed by atoms with Crippen molar-refractivity contribution in [3.8, 4) is 95.9 Å². The summed E-state index contributed by atoms with van der Waals surface area (Å²) in [6, 6.07) is 79.1. The van der Waals surface area contributed by atoms with Gasteiger partial charge in [-0.15, -0.1) is 0 Å². The molecule has 2 heterocycles. The Morgan fingerprint density at radius 1 is 0.281 bits per heavy atom. The van der Waals surface area contributed by atoms with Gasteiger partial charge in [0.15, 0.2) is 11.6 Å². The molecule has 5 heteroatoms. The van der Waals surface area contributed by atoms with Gasteiger partial charge in [0.1, 0.15) is 0 Å². The van der Waals surface area contributed by atoms with E-state index in [2.05, 4.69) is 170 Å². The number of hydrogen-bond acceptors (Lipinski definition) is 5. The minimum atomic E-state index is 0.604. The molecule has 0 aliphatic heterocycles. The largest absolute Gasteiger partial charge is 0.228 e. The Morgan fingerprint density at radius 2 is 0.625 bits per heavy atom. The van der Waals surface area contributed by atoms with E-state index >= 15 is 0 Å². The highest BCUT2D eigenvalue weighted by Crippen LogP contribution is 2.36. The molecule has 0 atom stereocenters. The lowest BCUT2D eigenvalue weighted by Gasteiger charge is -2.12. The zero-order valence-corrected chi connectivity index (χ0v) is 34.6. The molecule has 0 spiro atoms. The van der Waals surface area contributed by atoms with Crippen molar-refractivity contribution in [1.82, 2.24) is 19.9 Å². The van der Waals surface area contributed by atoms with Gasteiger partial charge in [-0.3, -0.25) is 0 Å². The molecule has 0 saturated carbocycles. The van der Waals surface area contributed by atoms with E-state index in [0.29, 0.717) is 17.2 Å². The van der Waals surface area contributed by atoms with Gasteiger partial charge in [0.2, 0.25) is 0 Å². The zero-order chi connectivity index (χ0) is 42.8. The fourth-order valence-corrected chi connectivity index (χ4v) is 8.43. The summed E-state index contributed by atoms with van der Waals surface area (Å²) in [6.45, 7) is 0. The van der Waals surface area contributed by atoms with Gasteiger partial charge >= 0.3 is 0 Å². The number of benzene rings is 9. The van der Waals surface area contributed by atoms with Crippen molar-refractivity contribution < 1.29 is 0 Å². The van der Waals surface area contributed by atoms with Crippen LogP contribution in [0, 0.1) is 11.3 Å². The van der Waals surface area contributed by atoms with Crippen LogP contribution in [-0.2, 0) is 0 Å². The molecule has 0 N–H and O–H groups in total. The second kappa shape index (κ2) is 16.5. The molecule has 11 aromatic rings. The predicted octanol–water partition coefficient (Wildman–Crippen LogP) is 14.8. The lowest BCUT2D eigenvalue weighted by atomic mass is 9.94. The normalized spacial score (nSPS) is 11.1. The molecule has 0 aliphatic carbocycles. The monoisotopic (exact) mass is 815 g/mol. The second-order valence-electron chi connectivity index (χ2n) is 15.7. The first kappa shape index (κ1) is 38.1. The summed E-state index contributed by atoms with van der Waals surface area (Å²) in [6.07, 6.45) is 0. The van der Waals surface area contributed by atoms with Gasteiger partial charge in [-0.25, -0.2) is 19.9 Å². The van der Waals surface area contributed by atoms with Crippen LogP contribution in [0.25, 0.3) is 112 Å². The average molecular weight is 816 g/mol. The number of para-hydroxylation sites is 2. The molecule has 0 saturated heterocycles. The van der Waals surface area contributed by atoms with E-state index in [0.717, 1.165) is 88.8 Å². The second-order valence-corrected chi connectivity index (χ2v) is 15.7. The van der Waals surface area contributed by atoms with Gasteiger partial charge < -0.3 is 0 Å². The molecule has 0 fully saturated rings. The number of nitrogens with zero attached hydrogens (tertiary/aromatic N) is 5. The van der Waals surface area contributed by atoms with E-state index in [-0.39, 0.29) is 0 Å². The first-order chi connectivity index (χ1) is 31.6. The Morgan fingerprint density at radius 3 is 1.08 bits per heavy atom. The number of hydrogen-bond donors (Lipinski definition) is 0. The standard InChI is InChI=1S/C59H37N5/c60-38-50-37-49(43-19-27-45(28-20-43)56-52-15-7-9-17-54(52)61-58(63-56)47-31-21-41(22-32-47)39-11-3-1-4-12-39)35-36-51(50)44-25-29-46(30-26-44)57-53-16-8-10-18-55(53)62-59(64-57)48-33-23-42(24-34-48)40-13-5-2-6-14-40/h1-37H. The third-order valence-electron chi connectivity index (χ3n) is 11.8. The van der Waals surface area contributed by atoms with Crippen molar-refractivity contribution >= 4 is 21.8 Å². The van der Waals surface area contributed by atoms with Crippen molar-refractivity contribution in [3.05, 3.63) is 230 Å². The van der Waals surface area contributed by atoms with Crippen molar-refractivity contribution in [1.29, 1.82) is 5.26 Å². The fraction of sp³-hybridized carbons (Fsp3) is 0. The van der Waals surface area contributed by atoms with Crippen LogP contribution in [0.15, 0.2) is 224 Å². The van der Waals surface area contributed by atoms with E-state index in [9.17, 15) is 5.26 Å². The number of rotatable bonds is 8. The molecule has 9 aromatic carbocycles. The van der Waals surface area contributed by atoms with E-state index in [1.807, 2.05) is 60.7 Å². The van der Waals surface area contributed by atoms with Crippen LogP contribution in [0.4, 0.5) is 0 Å². The van der Waals surface area contributed by atoms with Crippen LogP contribution in [0.2, 0.25) is 0 Å². The summed E-state index contributed by atoms with van der Waals surface area (Å²) in [4.78, 5) is 20.2. The van der Waals surface area contributed by atoms with Gasteiger partial charge in [-0.1, -0.05) is 206 Å². The molecule has 11 rings (SSSR count). The summed E-state index contributed by atoms with van der Waals surface area (Å²) in [5.74, 6) is 1.35. The summed E-state index contributed by atoms with van der Waals surface area (Å²) < 4.78 is 0. The van der Waals surface area contributed by atoms with Crippen LogP contribution in [0.3, 0.4) is 0 Å². The minimum Gasteiger partial charge on any atom is -0.228 e. The number of fused-ring (bicyclic) bond motifs is 2. The van der Waals surface area contributed by atoms with Crippen molar-refractivity contribution in [3.63, 3.8) is 0 Å². The molecular formula is C59H37N5. The number of nitriles is 1. The molecule has 0 unspecified atom stereocenters. The molecule has 0 bridgehead atoms. The number of aromatic nitrogens is 4. The predicted molar refractivity (Wildman–Crippen MR) is 261 cm³/mol. The third-order valence-corrected chi connectivity index (χ3v) is 11.8. The summed E-state index contributed by atoms with van der Waals surface area (Å²) in [5, 5.41) is 12.4. The van der Waals surface area contributed by atoms with Gasteiger partial charge in [0, 0.05) is 33.0 Å². The van der Waals surface area contributed by atoms with Crippen LogP contribution >= 0.6 is 0 Å². The van der Waals surface area contributed by atoms with Crippen molar-refractivity contribution in [2.45, 2.75) is 0 Å². The highest BCUT2D eigenvalue weighted by atomic mass is 14.9. The lowest BCUT2D eigenvalue weighted by Crippen LogP contribution is -1.95. The van der Waals surface area contributed by atoms with Gasteiger partial charge in [0.05, 0.1) is 34.1 Å². The molecular weight excluding hydrogens is 779 g/mol. The molecule has 0 amide bonds. The summed E-state index contributed by atoms with van der Waals surface area (Å²) in [5.41, 5.74) is 16.4. The first-order valence-corrected chi connectivity index (χ1v) is 21.3. The average Bonchev–Trinajstić information content (AvgIpc) is 3.38. The van der Waals surface area contributed by atoms with Crippen molar-refractivity contribution in [2.75, 3.05) is 0 Å². The topological polar surface area (TPSA) is 75.3 Å². The Hall–Kier alpha value is -8.85. The zero-order valence-electron chi connectivity index (χ0n) is 34.6. The fourth-order valence-electron chi connectivity index (χ4n) is 8.43. The molecule has 298 valence electrons. The SMILES string of the molecule is N#Cc1cc(-c2ccc(-c3nc(-c4ccc(-c5ccccc5)cc4)nc4ccccc34)cc2)ccc1-c1ccc(-c2nc(-c3ccc(-c4ccccc4)cc3)nc3ccccc23)cc1. The Bertz CT molecular complexity index is 3510. The quantitative estimate of drug-likeness (QED) is 0.153. The van der Waals surface area contributed by atoms with Crippen LogP contribution in [0.5, 0.6) is 0 Å². The molecule has 2 aromatic heterocycles. The van der Waals surface area contributed by atoms with Gasteiger partial charge in [0.25, 0.3) is 0 Å². The smallest absolute Gasteiger partial charge is 0.160 e. The Kier molecular flexibility index (Phi) is 9.85. The summed E-state index contributed by atoms with van der Waals surface area (Å²) >= 11 is 0. The minimum absolute atomic E-state index is 0.604.